The third-order valence-electron chi connectivity index (χ3n) is 3.80. The first-order valence-corrected chi connectivity index (χ1v) is 6.73. The number of rotatable bonds is 5. The minimum absolute atomic E-state index is 0.121. The van der Waals surface area contributed by atoms with Gasteiger partial charge in [0.2, 0.25) is 0 Å². The van der Waals surface area contributed by atoms with Gasteiger partial charge in [0.1, 0.15) is 11.3 Å². The molecule has 92 valence electrons. The Balaban J connectivity index is 2.98. The second-order valence-electron chi connectivity index (χ2n) is 5.54. The molecule has 0 saturated carbocycles. The van der Waals surface area contributed by atoms with Crippen molar-refractivity contribution < 1.29 is 0 Å². The van der Waals surface area contributed by atoms with Crippen LogP contribution in [0.4, 0.5) is 0 Å². The SMILES string of the molecule is CC[C+](CC)C(C)(C)c1c#cc(C(C)C)cc1. The average Bonchev–Trinajstić information content (AvgIpc) is 2.30. The van der Waals surface area contributed by atoms with Gasteiger partial charge in [-0.1, -0.05) is 26.0 Å². The topological polar surface area (TPSA) is 0 Å². The maximum atomic E-state index is 3.36. The molecule has 0 atom stereocenters. The highest BCUT2D eigenvalue weighted by atomic mass is 14.3. The molecule has 0 unspecified atom stereocenters. The monoisotopic (exact) mass is 229 g/mol. The van der Waals surface area contributed by atoms with E-state index < -0.39 is 0 Å². The van der Waals surface area contributed by atoms with Crippen LogP contribution < -0.4 is 0 Å². The van der Waals surface area contributed by atoms with Crippen molar-refractivity contribution in [1.29, 1.82) is 0 Å². The van der Waals surface area contributed by atoms with Crippen molar-refractivity contribution in [3.8, 4) is 0 Å². The second kappa shape index (κ2) is 5.50. The van der Waals surface area contributed by atoms with Gasteiger partial charge in [-0.3, -0.25) is 0 Å². The van der Waals surface area contributed by atoms with Gasteiger partial charge in [-0.2, -0.15) is 0 Å². The van der Waals surface area contributed by atoms with Gasteiger partial charge in [-0.05, 0) is 45.7 Å². The van der Waals surface area contributed by atoms with Crippen molar-refractivity contribution in [3.05, 3.63) is 41.3 Å². The van der Waals surface area contributed by atoms with Crippen molar-refractivity contribution in [1.82, 2.24) is 0 Å². The molecule has 0 bridgehead atoms. The van der Waals surface area contributed by atoms with E-state index in [4.69, 9.17) is 0 Å². The maximum absolute atomic E-state index is 3.36. The van der Waals surface area contributed by atoms with Crippen molar-refractivity contribution in [2.75, 3.05) is 0 Å². The summed E-state index contributed by atoms with van der Waals surface area (Å²) in [7, 11) is 0. The van der Waals surface area contributed by atoms with Crippen LogP contribution in [0.15, 0.2) is 12.1 Å². The summed E-state index contributed by atoms with van der Waals surface area (Å²) in [5, 5.41) is 0. The van der Waals surface area contributed by atoms with Crippen LogP contribution in [-0.2, 0) is 5.41 Å². The standard InChI is InChI=1S/C17H25/c1-7-15(8-2)17(5,6)16-11-9-14(10-12-16)13(3)4/h9,11,13H,7-8H2,1-6H3/q+1. The Morgan fingerprint density at radius 2 is 1.71 bits per heavy atom. The lowest BCUT2D eigenvalue weighted by Crippen LogP contribution is -2.25. The molecule has 17 heavy (non-hydrogen) atoms. The molecule has 1 rings (SSSR count). The van der Waals surface area contributed by atoms with Gasteiger partial charge in [0.25, 0.3) is 0 Å². The fourth-order valence-electron chi connectivity index (χ4n) is 2.42. The number of hydrogen-bond donors (Lipinski definition) is 0. The van der Waals surface area contributed by atoms with Crippen molar-refractivity contribution in [2.24, 2.45) is 0 Å². The molecular weight excluding hydrogens is 204 g/mol. The zero-order valence-corrected chi connectivity index (χ0v) is 12.1. The van der Waals surface area contributed by atoms with Crippen LogP contribution in [0.1, 0.15) is 71.4 Å². The van der Waals surface area contributed by atoms with E-state index in [2.05, 4.69) is 65.8 Å². The zero-order valence-electron chi connectivity index (χ0n) is 12.1. The second-order valence-corrected chi connectivity index (χ2v) is 5.54. The summed E-state index contributed by atoms with van der Waals surface area (Å²) in [4.78, 5) is 0. The fraction of sp³-hybridized carbons (Fsp3) is 0.588. The molecule has 0 nitrogen and oxygen atoms in total. The van der Waals surface area contributed by atoms with Gasteiger partial charge in [0, 0.05) is 5.56 Å². The molecule has 0 radical (unpaired) electrons. The first-order valence-electron chi connectivity index (χ1n) is 6.73. The lowest BCUT2D eigenvalue weighted by atomic mass is 9.71. The summed E-state index contributed by atoms with van der Waals surface area (Å²) in [5.41, 5.74) is 2.63. The van der Waals surface area contributed by atoms with Gasteiger partial charge in [0.15, 0.2) is 0 Å². The van der Waals surface area contributed by atoms with Crippen LogP contribution in [0, 0.1) is 18.1 Å². The van der Waals surface area contributed by atoms with E-state index in [1.165, 1.54) is 11.1 Å². The van der Waals surface area contributed by atoms with Crippen LogP contribution >= 0.6 is 0 Å². The van der Waals surface area contributed by atoms with E-state index in [-0.39, 0.29) is 5.41 Å². The molecule has 0 heteroatoms. The quantitative estimate of drug-likeness (QED) is 0.617. The van der Waals surface area contributed by atoms with Crippen LogP contribution in [0.3, 0.4) is 0 Å². The van der Waals surface area contributed by atoms with Gasteiger partial charge in [0.05, 0.1) is 18.4 Å². The zero-order chi connectivity index (χ0) is 13.1. The summed E-state index contributed by atoms with van der Waals surface area (Å²) >= 11 is 0. The molecule has 1 aromatic carbocycles. The molecule has 0 saturated heterocycles. The summed E-state index contributed by atoms with van der Waals surface area (Å²) < 4.78 is 0. The average molecular weight is 229 g/mol. The molecule has 0 aromatic heterocycles. The van der Waals surface area contributed by atoms with Gasteiger partial charge in [-0.15, -0.1) is 0 Å². The fourth-order valence-corrected chi connectivity index (χ4v) is 2.42. The summed E-state index contributed by atoms with van der Waals surface area (Å²) in [5.74, 6) is 2.11. The summed E-state index contributed by atoms with van der Waals surface area (Å²) in [6.07, 6.45) is 2.28. The van der Waals surface area contributed by atoms with Crippen molar-refractivity contribution in [3.63, 3.8) is 0 Å². The molecule has 0 amide bonds. The van der Waals surface area contributed by atoms with Crippen LogP contribution in [0.2, 0.25) is 0 Å². The third kappa shape index (κ3) is 2.97. The van der Waals surface area contributed by atoms with Crippen molar-refractivity contribution in [2.45, 2.75) is 65.7 Å². The predicted octanol–water partition coefficient (Wildman–Crippen LogP) is 5.08. The highest BCUT2D eigenvalue weighted by Crippen LogP contribution is 2.36. The normalized spacial score (nSPS) is 11.5. The molecule has 1 aromatic rings. The summed E-state index contributed by atoms with van der Waals surface area (Å²) in [6.45, 7) is 13.5. The lowest BCUT2D eigenvalue weighted by Gasteiger charge is -2.22. The highest BCUT2D eigenvalue weighted by Gasteiger charge is 2.39. The highest BCUT2D eigenvalue weighted by molar-refractivity contribution is 5.30. The minimum atomic E-state index is 0.121. The Bertz CT molecular complexity index is 326. The van der Waals surface area contributed by atoms with E-state index in [1.54, 1.807) is 5.92 Å². The van der Waals surface area contributed by atoms with Gasteiger partial charge < -0.3 is 0 Å². The molecule has 0 aliphatic heterocycles. The summed E-state index contributed by atoms with van der Waals surface area (Å²) in [6, 6.07) is 11.1. The Kier molecular flexibility index (Phi) is 4.52. The molecule has 0 fully saturated rings. The predicted molar refractivity (Wildman–Crippen MR) is 75.1 cm³/mol. The Morgan fingerprint density at radius 3 is 2.06 bits per heavy atom. The van der Waals surface area contributed by atoms with Crippen molar-refractivity contribution >= 4 is 0 Å². The molecule has 0 heterocycles. The minimum Gasteiger partial charge on any atom is -0.0660 e. The van der Waals surface area contributed by atoms with E-state index >= 15 is 0 Å². The van der Waals surface area contributed by atoms with E-state index in [0.717, 1.165) is 12.8 Å². The van der Waals surface area contributed by atoms with Gasteiger partial charge in [-0.25, -0.2) is 0 Å². The smallest absolute Gasteiger partial charge is 0.0660 e. The third-order valence-corrected chi connectivity index (χ3v) is 3.80. The first kappa shape index (κ1) is 14.0. The maximum Gasteiger partial charge on any atom is 0.137 e. The van der Waals surface area contributed by atoms with Crippen LogP contribution in [-0.4, -0.2) is 0 Å². The van der Waals surface area contributed by atoms with Gasteiger partial charge >= 0.3 is 0 Å². The molecular formula is C17H25+. The van der Waals surface area contributed by atoms with E-state index in [9.17, 15) is 0 Å². The largest absolute Gasteiger partial charge is 0.137 e. The van der Waals surface area contributed by atoms with E-state index in [1.807, 2.05) is 0 Å². The lowest BCUT2D eigenvalue weighted by molar-refractivity contribution is 0.490. The number of hydrogen-bond acceptors (Lipinski definition) is 0. The van der Waals surface area contributed by atoms with Crippen LogP contribution in [0.5, 0.6) is 0 Å². The molecule has 0 aliphatic rings. The Hall–Kier alpha value is -1.09. The Morgan fingerprint density at radius 1 is 1.12 bits per heavy atom. The first-order chi connectivity index (χ1) is 7.93. The Labute approximate surface area is 107 Å². The molecule has 0 aliphatic carbocycles. The van der Waals surface area contributed by atoms with Crippen LogP contribution in [0.25, 0.3) is 0 Å². The molecule has 0 N–H and O–H groups in total. The molecule has 0 spiro atoms. The van der Waals surface area contributed by atoms with E-state index in [0.29, 0.717) is 5.92 Å².